The summed E-state index contributed by atoms with van der Waals surface area (Å²) in [5.74, 6) is 0.291. The maximum Gasteiger partial charge on any atom is 0.104 e. The van der Waals surface area contributed by atoms with Crippen molar-refractivity contribution in [1.29, 1.82) is 5.26 Å². The van der Waals surface area contributed by atoms with Crippen molar-refractivity contribution in [3.8, 4) is 6.07 Å². The Kier molecular flexibility index (Phi) is 4.99. The van der Waals surface area contributed by atoms with Crippen molar-refractivity contribution >= 4 is 0 Å². The quantitative estimate of drug-likeness (QED) is 0.802. The first-order valence-corrected chi connectivity index (χ1v) is 7.48. The summed E-state index contributed by atoms with van der Waals surface area (Å²) in [6.07, 6.45) is 4.80. The minimum Gasteiger partial charge on any atom is -0.288 e. The molecule has 2 nitrogen and oxygen atoms in total. The zero-order valence-electron chi connectivity index (χ0n) is 12.1. The first kappa shape index (κ1) is 14.1. The zero-order valence-corrected chi connectivity index (χ0v) is 12.1. The summed E-state index contributed by atoms with van der Waals surface area (Å²) >= 11 is 0. The van der Waals surface area contributed by atoms with Gasteiger partial charge in [0.1, 0.15) is 6.04 Å². The van der Waals surface area contributed by atoms with E-state index in [9.17, 15) is 5.26 Å². The molecule has 1 fully saturated rings. The molecule has 0 spiro atoms. The highest BCUT2D eigenvalue weighted by Gasteiger charge is 2.27. The van der Waals surface area contributed by atoms with Gasteiger partial charge in [-0.15, -0.1) is 0 Å². The molecule has 2 atom stereocenters. The van der Waals surface area contributed by atoms with Crippen molar-refractivity contribution < 1.29 is 0 Å². The van der Waals surface area contributed by atoms with Gasteiger partial charge in [-0.3, -0.25) is 4.90 Å². The highest BCUT2D eigenvalue weighted by atomic mass is 15.2. The molecule has 1 aromatic rings. The number of nitrogens with zero attached hydrogens (tertiary/aromatic N) is 2. The van der Waals surface area contributed by atoms with Gasteiger partial charge in [0.25, 0.3) is 0 Å². The van der Waals surface area contributed by atoms with E-state index in [0.717, 1.165) is 19.5 Å². The molecule has 19 heavy (non-hydrogen) atoms. The number of hydrogen-bond donors (Lipinski definition) is 0. The molecule has 2 rings (SSSR count). The minimum absolute atomic E-state index is 0.0273. The maximum absolute atomic E-state index is 9.47. The molecular formula is C17H24N2. The lowest BCUT2D eigenvalue weighted by atomic mass is 9.92. The van der Waals surface area contributed by atoms with Gasteiger partial charge in [0.15, 0.2) is 0 Å². The van der Waals surface area contributed by atoms with Crippen LogP contribution < -0.4 is 0 Å². The van der Waals surface area contributed by atoms with Gasteiger partial charge in [0, 0.05) is 5.92 Å². The largest absolute Gasteiger partial charge is 0.288 e. The summed E-state index contributed by atoms with van der Waals surface area (Å²) < 4.78 is 0. The molecule has 1 aromatic carbocycles. The summed E-state index contributed by atoms with van der Waals surface area (Å²) in [4.78, 5) is 2.34. The molecule has 0 saturated carbocycles. The van der Waals surface area contributed by atoms with Gasteiger partial charge in [0.2, 0.25) is 0 Å². The summed E-state index contributed by atoms with van der Waals surface area (Å²) in [7, 11) is 0. The van der Waals surface area contributed by atoms with E-state index in [1.807, 2.05) is 0 Å². The van der Waals surface area contributed by atoms with Crippen LogP contribution >= 0.6 is 0 Å². The van der Waals surface area contributed by atoms with Crippen LogP contribution in [0.15, 0.2) is 24.3 Å². The lowest BCUT2D eigenvalue weighted by Crippen LogP contribution is -2.35. The Hall–Kier alpha value is -1.33. The predicted octanol–water partition coefficient (Wildman–Crippen LogP) is 3.73. The van der Waals surface area contributed by atoms with Crippen molar-refractivity contribution in [1.82, 2.24) is 4.90 Å². The molecule has 1 aliphatic rings. The number of aryl methyl sites for hydroxylation is 1. The van der Waals surface area contributed by atoms with Gasteiger partial charge < -0.3 is 0 Å². The van der Waals surface area contributed by atoms with Crippen molar-refractivity contribution in [3.05, 3.63) is 35.4 Å². The second kappa shape index (κ2) is 6.73. The summed E-state index contributed by atoms with van der Waals surface area (Å²) in [5, 5.41) is 9.47. The third-order valence-electron chi connectivity index (χ3n) is 4.18. The van der Waals surface area contributed by atoms with Gasteiger partial charge >= 0.3 is 0 Å². The fraction of sp³-hybridized carbons (Fsp3) is 0.588. The SMILES string of the molecule is CCCc1ccc(C(C)C(C#N)N2CCCC2)cc1. The highest BCUT2D eigenvalue weighted by molar-refractivity contribution is 5.27. The van der Waals surface area contributed by atoms with E-state index in [-0.39, 0.29) is 6.04 Å². The molecule has 1 heterocycles. The van der Waals surface area contributed by atoms with Gasteiger partial charge in [0.05, 0.1) is 6.07 Å². The molecule has 0 aliphatic carbocycles. The van der Waals surface area contributed by atoms with Crippen LogP contribution in [0.1, 0.15) is 50.2 Å². The maximum atomic E-state index is 9.47. The van der Waals surface area contributed by atoms with Crippen LogP contribution in [0.3, 0.4) is 0 Å². The van der Waals surface area contributed by atoms with Crippen molar-refractivity contribution in [2.24, 2.45) is 0 Å². The average Bonchev–Trinajstić information content (AvgIpc) is 2.95. The van der Waals surface area contributed by atoms with Gasteiger partial charge in [-0.1, -0.05) is 44.5 Å². The Morgan fingerprint density at radius 2 is 1.84 bits per heavy atom. The average molecular weight is 256 g/mol. The van der Waals surface area contributed by atoms with E-state index < -0.39 is 0 Å². The third-order valence-corrected chi connectivity index (χ3v) is 4.18. The summed E-state index contributed by atoms with van der Waals surface area (Å²) in [6, 6.07) is 11.4. The molecule has 102 valence electrons. The molecular weight excluding hydrogens is 232 g/mol. The van der Waals surface area contributed by atoms with Crippen molar-refractivity contribution in [3.63, 3.8) is 0 Å². The zero-order chi connectivity index (χ0) is 13.7. The predicted molar refractivity (Wildman–Crippen MR) is 79.1 cm³/mol. The van der Waals surface area contributed by atoms with Gasteiger partial charge in [-0.2, -0.15) is 5.26 Å². The van der Waals surface area contributed by atoms with Crippen LogP contribution in [0.5, 0.6) is 0 Å². The molecule has 2 unspecified atom stereocenters. The summed E-state index contributed by atoms with van der Waals surface area (Å²) in [5.41, 5.74) is 2.69. The number of hydrogen-bond acceptors (Lipinski definition) is 2. The molecule has 0 radical (unpaired) electrons. The van der Waals surface area contributed by atoms with Crippen molar-refractivity contribution in [2.45, 2.75) is 51.5 Å². The lowest BCUT2D eigenvalue weighted by molar-refractivity contribution is 0.263. The normalized spacial score (nSPS) is 19.0. The first-order chi connectivity index (χ1) is 9.26. The molecule has 1 aliphatic heterocycles. The van der Waals surface area contributed by atoms with Crippen LogP contribution in [0.4, 0.5) is 0 Å². The Bertz CT molecular complexity index is 424. The first-order valence-electron chi connectivity index (χ1n) is 7.48. The molecule has 1 saturated heterocycles. The Labute approximate surface area is 117 Å². The van der Waals surface area contributed by atoms with Crippen molar-refractivity contribution in [2.75, 3.05) is 13.1 Å². The number of benzene rings is 1. The number of likely N-dealkylation sites (tertiary alicyclic amines) is 1. The molecule has 0 N–H and O–H groups in total. The molecule has 0 amide bonds. The minimum atomic E-state index is 0.0273. The second-order valence-electron chi connectivity index (χ2n) is 5.60. The van der Waals surface area contributed by atoms with E-state index in [1.165, 1.54) is 30.4 Å². The van der Waals surface area contributed by atoms with Crippen LogP contribution in [-0.4, -0.2) is 24.0 Å². The van der Waals surface area contributed by atoms with E-state index >= 15 is 0 Å². The summed E-state index contributed by atoms with van der Waals surface area (Å²) in [6.45, 7) is 6.55. The molecule has 0 aromatic heterocycles. The third kappa shape index (κ3) is 3.36. The van der Waals surface area contributed by atoms with E-state index in [0.29, 0.717) is 5.92 Å². The van der Waals surface area contributed by atoms with E-state index in [4.69, 9.17) is 0 Å². The van der Waals surface area contributed by atoms with Crippen LogP contribution in [0, 0.1) is 11.3 Å². The van der Waals surface area contributed by atoms with Crippen LogP contribution in [0.2, 0.25) is 0 Å². The number of rotatable bonds is 5. The van der Waals surface area contributed by atoms with E-state index in [2.05, 4.69) is 49.1 Å². The molecule has 0 bridgehead atoms. The highest BCUT2D eigenvalue weighted by Crippen LogP contribution is 2.26. The monoisotopic (exact) mass is 256 g/mol. The standard InChI is InChI=1S/C17H24N2/c1-3-6-15-7-9-16(10-8-15)14(2)17(13-18)19-11-4-5-12-19/h7-10,14,17H,3-6,11-12H2,1-2H3. The Morgan fingerprint density at radius 1 is 1.21 bits per heavy atom. The topological polar surface area (TPSA) is 27.0 Å². The van der Waals surface area contributed by atoms with Gasteiger partial charge in [-0.25, -0.2) is 0 Å². The molecule has 2 heteroatoms. The van der Waals surface area contributed by atoms with Crippen LogP contribution in [0.25, 0.3) is 0 Å². The van der Waals surface area contributed by atoms with E-state index in [1.54, 1.807) is 0 Å². The van der Waals surface area contributed by atoms with Gasteiger partial charge in [-0.05, 0) is 43.5 Å². The lowest BCUT2D eigenvalue weighted by Gasteiger charge is -2.27. The Morgan fingerprint density at radius 3 is 2.37 bits per heavy atom. The number of nitriles is 1. The fourth-order valence-electron chi connectivity index (χ4n) is 2.99. The van der Waals surface area contributed by atoms with Crippen LogP contribution in [-0.2, 0) is 6.42 Å². The smallest absolute Gasteiger partial charge is 0.104 e. The fourth-order valence-corrected chi connectivity index (χ4v) is 2.99. The second-order valence-corrected chi connectivity index (χ2v) is 5.60. The Balaban J connectivity index is 2.08.